The molecule has 0 atom stereocenters. The number of benzene rings is 1. The van der Waals surface area contributed by atoms with Crippen molar-refractivity contribution in [3.05, 3.63) is 54.4 Å². The molecular weight excluding hydrogens is 276 g/mol. The molecule has 0 bridgehead atoms. The zero-order chi connectivity index (χ0) is 15.5. The number of carbonyl (C=O) groups is 1. The zero-order valence-corrected chi connectivity index (χ0v) is 12.5. The van der Waals surface area contributed by atoms with Gasteiger partial charge in [0.25, 0.3) is 0 Å². The van der Waals surface area contributed by atoms with Gasteiger partial charge in [0.15, 0.2) is 5.78 Å². The van der Waals surface area contributed by atoms with Crippen LogP contribution in [0.25, 0.3) is 28.2 Å². The summed E-state index contributed by atoms with van der Waals surface area (Å²) in [5.41, 5.74) is 3.79. The highest BCUT2D eigenvalue weighted by molar-refractivity contribution is 5.96. The molecule has 0 aliphatic rings. The molecule has 3 aromatic rings. The molecule has 0 aliphatic heterocycles. The molecule has 1 N–H and O–H groups in total. The van der Waals surface area contributed by atoms with Gasteiger partial charge in [0.05, 0.1) is 7.11 Å². The maximum Gasteiger partial charge on any atom is 0.152 e. The summed E-state index contributed by atoms with van der Waals surface area (Å²) >= 11 is 0. The standard InChI is InChI=1S/C18H16N2O2/c1-12(21)6-7-14-10-19-18-17(14)9-15(11-20-18)13-4-3-5-16(8-13)22-2/h3-11H,1-2H3,(H,19,20)/b7-6+. The van der Waals surface area contributed by atoms with Crippen LogP contribution in [0.3, 0.4) is 0 Å². The minimum atomic E-state index is 0.0197. The molecule has 1 aromatic carbocycles. The summed E-state index contributed by atoms with van der Waals surface area (Å²) < 4.78 is 5.26. The molecule has 0 radical (unpaired) electrons. The summed E-state index contributed by atoms with van der Waals surface area (Å²) in [6, 6.07) is 9.91. The van der Waals surface area contributed by atoms with Crippen LogP contribution in [0.1, 0.15) is 12.5 Å². The van der Waals surface area contributed by atoms with Gasteiger partial charge in [0.1, 0.15) is 11.4 Å². The summed E-state index contributed by atoms with van der Waals surface area (Å²) in [5, 5.41) is 0.984. The van der Waals surface area contributed by atoms with Gasteiger partial charge in [-0.15, -0.1) is 0 Å². The Morgan fingerprint density at radius 3 is 2.91 bits per heavy atom. The first-order chi connectivity index (χ1) is 10.7. The van der Waals surface area contributed by atoms with Crippen LogP contribution < -0.4 is 4.74 Å². The largest absolute Gasteiger partial charge is 0.497 e. The van der Waals surface area contributed by atoms with Crippen LogP contribution in [0.2, 0.25) is 0 Å². The predicted molar refractivity (Wildman–Crippen MR) is 87.8 cm³/mol. The highest BCUT2D eigenvalue weighted by Gasteiger charge is 2.06. The monoisotopic (exact) mass is 292 g/mol. The molecule has 4 heteroatoms. The third-order valence-corrected chi connectivity index (χ3v) is 3.46. The fourth-order valence-electron chi connectivity index (χ4n) is 2.33. The van der Waals surface area contributed by atoms with Gasteiger partial charge in [0, 0.05) is 28.9 Å². The number of ketones is 1. The van der Waals surface area contributed by atoms with Crippen LogP contribution in [0.5, 0.6) is 5.75 Å². The minimum Gasteiger partial charge on any atom is -0.497 e. The van der Waals surface area contributed by atoms with Gasteiger partial charge in [-0.25, -0.2) is 4.98 Å². The first-order valence-electron chi connectivity index (χ1n) is 6.97. The third kappa shape index (κ3) is 2.76. The van der Waals surface area contributed by atoms with Crippen molar-refractivity contribution < 1.29 is 9.53 Å². The molecule has 0 amide bonds. The van der Waals surface area contributed by atoms with Crippen LogP contribution in [0.15, 0.2) is 48.8 Å². The zero-order valence-electron chi connectivity index (χ0n) is 12.5. The van der Waals surface area contributed by atoms with Gasteiger partial charge in [-0.05, 0) is 42.8 Å². The molecule has 0 saturated heterocycles. The first kappa shape index (κ1) is 14.1. The molecular formula is C18H16N2O2. The molecule has 2 heterocycles. The van der Waals surface area contributed by atoms with Crippen LogP contribution in [0, 0.1) is 0 Å². The van der Waals surface area contributed by atoms with Crippen LogP contribution in [-0.2, 0) is 4.79 Å². The number of hydrogen-bond donors (Lipinski definition) is 1. The van der Waals surface area contributed by atoms with E-state index >= 15 is 0 Å². The lowest BCUT2D eigenvalue weighted by Crippen LogP contribution is -1.85. The maximum atomic E-state index is 11.1. The Balaban J connectivity index is 2.08. The van der Waals surface area contributed by atoms with E-state index in [0.717, 1.165) is 33.5 Å². The Morgan fingerprint density at radius 1 is 1.27 bits per heavy atom. The van der Waals surface area contributed by atoms with Crippen molar-refractivity contribution in [2.45, 2.75) is 6.92 Å². The molecule has 0 unspecified atom stereocenters. The van der Waals surface area contributed by atoms with Crippen LogP contribution >= 0.6 is 0 Å². The van der Waals surface area contributed by atoms with Crippen molar-refractivity contribution in [1.29, 1.82) is 0 Å². The molecule has 110 valence electrons. The Morgan fingerprint density at radius 2 is 2.14 bits per heavy atom. The van der Waals surface area contributed by atoms with Crippen molar-refractivity contribution >= 4 is 22.9 Å². The Labute approximate surface area is 128 Å². The van der Waals surface area contributed by atoms with Gasteiger partial charge in [0.2, 0.25) is 0 Å². The van der Waals surface area contributed by atoms with Gasteiger partial charge >= 0.3 is 0 Å². The fourth-order valence-corrected chi connectivity index (χ4v) is 2.33. The molecule has 4 nitrogen and oxygen atoms in total. The minimum absolute atomic E-state index is 0.0197. The van der Waals surface area contributed by atoms with E-state index in [2.05, 4.69) is 16.0 Å². The lowest BCUT2D eigenvalue weighted by Gasteiger charge is -2.05. The summed E-state index contributed by atoms with van der Waals surface area (Å²) in [6.07, 6.45) is 7.04. The highest BCUT2D eigenvalue weighted by Crippen LogP contribution is 2.27. The van der Waals surface area contributed by atoms with E-state index in [4.69, 9.17) is 4.74 Å². The number of nitrogens with zero attached hydrogens (tertiary/aromatic N) is 1. The SMILES string of the molecule is COc1cccc(-c2cnc3[nH]cc(/C=C/C(C)=O)c3c2)c1. The summed E-state index contributed by atoms with van der Waals surface area (Å²) in [7, 11) is 1.65. The van der Waals surface area contributed by atoms with E-state index in [-0.39, 0.29) is 5.78 Å². The highest BCUT2D eigenvalue weighted by atomic mass is 16.5. The topological polar surface area (TPSA) is 55.0 Å². The average Bonchev–Trinajstić information content (AvgIpc) is 2.95. The van der Waals surface area contributed by atoms with E-state index in [1.807, 2.05) is 36.7 Å². The molecule has 22 heavy (non-hydrogen) atoms. The smallest absolute Gasteiger partial charge is 0.152 e. The van der Waals surface area contributed by atoms with E-state index in [0.29, 0.717) is 0 Å². The molecule has 0 saturated carbocycles. The second-order valence-corrected chi connectivity index (χ2v) is 5.04. The number of carbonyl (C=O) groups excluding carboxylic acids is 1. The summed E-state index contributed by atoms with van der Waals surface area (Å²) in [5.74, 6) is 0.828. The molecule has 0 aliphatic carbocycles. The van der Waals surface area contributed by atoms with Gasteiger partial charge in [-0.1, -0.05) is 12.1 Å². The molecule has 0 spiro atoms. The second-order valence-electron chi connectivity index (χ2n) is 5.04. The normalized spacial score (nSPS) is 11.2. The number of methoxy groups -OCH3 is 1. The van der Waals surface area contributed by atoms with Gasteiger partial charge < -0.3 is 9.72 Å². The second kappa shape index (κ2) is 5.85. The van der Waals surface area contributed by atoms with Gasteiger partial charge in [-0.2, -0.15) is 0 Å². The molecule has 3 rings (SSSR count). The Kier molecular flexibility index (Phi) is 3.74. The number of nitrogens with one attached hydrogen (secondary N) is 1. The fraction of sp³-hybridized carbons (Fsp3) is 0.111. The number of rotatable bonds is 4. The summed E-state index contributed by atoms with van der Waals surface area (Å²) in [6.45, 7) is 1.53. The number of ether oxygens (including phenoxy) is 1. The number of allylic oxidation sites excluding steroid dienone is 1. The lowest BCUT2D eigenvalue weighted by atomic mass is 10.1. The number of aromatic nitrogens is 2. The molecule has 2 aromatic heterocycles. The number of fused-ring (bicyclic) bond motifs is 1. The Bertz CT molecular complexity index is 862. The van der Waals surface area contributed by atoms with Crippen LogP contribution in [-0.4, -0.2) is 22.9 Å². The quantitative estimate of drug-likeness (QED) is 0.743. The number of aromatic amines is 1. The van der Waals surface area contributed by atoms with Crippen LogP contribution in [0.4, 0.5) is 0 Å². The first-order valence-corrected chi connectivity index (χ1v) is 6.97. The maximum absolute atomic E-state index is 11.1. The Hall–Kier alpha value is -2.88. The van der Waals surface area contributed by atoms with E-state index in [9.17, 15) is 4.79 Å². The van der Waals surface area contributed by atoms with Crippen molar-refractivity contribution in [2.24, 2.45) is 0 Å². The molecule has 0 fully saturated rings. The number of pyridine rings is 1. The van der Waals surface area contributed by atoms with E-state index < -0.39 is 0 Å². The lowest BCUT2D eigenvalue weighted by molar-refractivity contribution is -0.112. The van der Waals surface area contributed by atoms with Crippen molar-refractivity contribution in [3.63, 3.8) is 0 Å². The summed E-state index contributed by atoms with van der Waals surface area (Å²) in [4.78, 5) is 18.7. The number of hydrogen-bond acceptors (Lipinski definition) is 3. The third-order valence-electron chi connectivity index (χ3n) is 3.46. The van der Waals surface area contributed by atoms with E-state index in [1.54, 1.807) is 19.3 Å². The van der Waals surface area contributed by atoms with Crippen molar-refractivity contribution in [3.8, 4) is 16.9 Å². The van der Waals surface area contributed by atoms with Crippen molar-refractivity contribution in [2.75, 3.05) is 7.11 Å². The predicted octanol–water partition coefficient (Wildman–Crippen LogP) is 3.84. The van der Waals surface area contributed by atoms with Crippen molar-refractivity contribution in [1.82, 2.24) is 9.97 Å². The van der Waals surface area contributed by atoms with Gasteiger partial charge in [-0.3, -0.25) is 4.79 Å². The van der Waals surface area contributed by atoms with E-state index in [1.165, 1.54) is 6.92 Å². The average molecular weight is 292 g/mol. The number of H-pyrrole nitrogens is 1.